The Hall–Kier alpha value is -2.04. The molecule has 0 unspecified atom stereocenters. The number of hydrogen-bond acceptors (Lipinski definition) is 2. The van der Waals surface area contributed by atoms with Gasteiger partial charge in [0.05, 0.1) is 0 Å². The summed E-state index contributed by atoms with van der Waals surface area (Å²) in [7, 11) is 0. The number of amides is 1. The molecule has 26 heavy (non-hydrogen) atoms. The number of anilines is 2. The van der Waals surface area contributed by atoms with Gasteiger partial charge in [-0.25, -0.2) is 0 Å². The Kier molecular flexibility index (Phi) is 6.53. The minimum absolute atomic E-state index is 0.00426. The maximum atomic E-state index is 12.2. The van der Waals surface area contributed by atoms with Crippen molar-refractivity contribution in [2.24, 2.45) is 0 Å². The lowest BCUT2D eigenvalue weighted by atomic mass is 10.1. The molecule has 2 aromatic rings. The van der Waals surface area contributed by atoms with E-state index in [1.807, 2.05) is 41.7 Å². The first-order valence-corrected chi connectivity index (χ1v) is 9.73. The standard InChI is InChI=1S/C21H26ClN3O/c1-16(17-6-5-7-18(22)14-17)23-15-21(26)24-19-8-10-20(11-9-19)25-12-3-2-4-13-25/h5-11,14,16,23H,2-4,12-13,15H2,1H3,(H,24,26)/p+1/t16-/m0/s1. The number of nitrogens with zero attached hydrogens (tertiary/aromatic N) is 1. The lowest BCUT2D eigenvalue weighted by Crippen LogP contribution is -2.86. The first-order chi connectivity index (χ1) is 12.6. The Labute approximate surface area is 160 Å². The number of hydrogen-bond donors (Lipinski definition) is 2. The van der Waals surface area contributed by atoms with Crippen LogP contribution in [0.4, 0.5) is 11.4 Å². The molecule has 4 nitrogen and oxygen atoms in total. The predicted octanol–water partition coefficient (Wildman–Crippen LogP) is 3.59. The average molecular weight is 373 g/mol. The Balaban J connectivity index is 1.48. The summed E-state index contributed by atoms with van der Waals surface area (Å²) in [6.07, 6.45) is 3.85. The quantitative estimate of drug-likeness (QED) is 0.814. The zero-order chi connectivity index (χ0) is 18.4. The lowest BCUT2D eigenvalue weighted by molar-refractivity contribution is -0.682. The van der Waals surface area contributed by atoms with Gasteiger partial charge in [0.15, 0.2) is 6.54 Å². The second-order valence-electron chi connectivity index (χ2n) is 6.93. The smallest absolute Gasteiger partial charge is 0.279 e. The summed E-state index contributed by atoms with van der Waals surface area (Å²) >= 11 is 6.03. The van der Waals surface area contributed by atoms with E-state index in [4.69, 9.17) is 11.6 Å². The summed E-state index contributed by atoms with van der Waals surface area (Å²) in [4.78, 5) is 14.6. The number of carbonyl (C=O) groups excluding carboxylic acids is 1. The molecule has 0 bridgehead atoms. The van der Waals surface area contributed by atoms with Crippen LogP contribution in [0.1, 0.15) is 37.8 Å². The van der Waals surface area contributed by atoms with Crippen molar-refractivity contribution in [3.8, 4) is 0 Å². The average Bonchev–Trinajstić information content (AvgIpc) is 2.67. The zero-order valence-electron chi connectivity index (χ0n) is 15.2. The molecule has 3 N–H and O–H groups in total. The fraction of sp³-hybridized carbons (Fsp3) is 0.381. The van der Waals surface area contributed by atoms with E-state index in [1.54, 1.807) is 0 Å². The van der Waals surface area contributed by atoms with Crippen LogP contribution < -0.4 is 15.5 Å². The van der Waals surface area contributed by atoms with Crippen molar-refractivity contribution in [2.45, 2.75) is 32.2 Å². The van der Waals surface area contributed by atoms with Crippen molar-refractivity contribution < 1.29 is 10.1 Å². The molecule has 1 amide bonds. The van der Waals surface area contributed by atoms with Crippen LogP contribution in [0.15, 0.2) is 48.5 Å². The molecule has 3 rings (SSSR count). The fourth-order valence-electron chi connectivity index (χ4n) is 3.33. The van der Waals surface area contributed by atoms with Gasteiger partial charge in [-0.15, -0.1) is 0 Å². The molecule has 0 aromatic heterocycles. The molecule has 0 spiro atoms. The molecule has 1 aliphatic heterocycles. The van der Waals surface area contributed by atoms with Crippen LogP contribution in [0.25, 0.3) is 0 Å². The van der Waals surface area contributed by atoms with Crippen LogP contribution in [0.5, 0.6) is 0 Å². The van der Waals surface area contributed by atoms with E-state index in [1.165, 1.54) is 24.9 Å². The van der Waals surface area contributed by atoms with Gasteiger partial charge in [0.25, 0.3) is 5.91 Å². The zero-order valence-corrected chi connectivity index (χ0v) is 16.0. The summed E-state index contributed by atoms with van der Waals surface area (Å²) in [5.74, 6) is 0.00426. The minimum atomic E-state index is 0.00426. The number of benzene rings is 2. The lowest BCUT2D eigenvalue weighted by Gasteiger charge is -2.28. The van der Waals surface area contributed by atoms with Crippen molar-refractivity contribution in [3.05, 3.63) is 59.1 Å². The molecule has 1 saturated heterocycles. The summed E-state index contributed by atoms with van der Waals surface area (Å²) in [5, 5.41) is 5.72. The molecule has 1 aliphatic rings. The van der Waals surface area contributed by atoms with Gasteiger partial charge in [-0.1, -0.05) is 23.7 Å². The van der Waals surface area contributed by atoms with E-state index in [2.05, 4.69) is 29.3 Å². The van der Waals surface area contributed by atoms with E-state index in [0.29, 0.717) is 6.54 Å². The number of carbonyl (C=O) groups is 1. The van der Waals surface area contributed by atoms with Crippen LogP contribution >= 0.6 is 11.6 Å². The van der Waals surface area contributed by atoms with Gasteiger partial charge < -0.3 is 15.5 Å². The second-order valence-corrected chi connectivity index (χ2v) is 7.36. The van der Waals surface area contributed by atoms with Crippen LogP contribution in [0.2, 0.25) is 5.02 Å². The van der Waals surface area contributed by atoms with Gasteiger partial charge in [0.1, 0.15) is 6.04 Å². The van der Waals surface area contributed by atoms with Crippen LogP contribution in [-0.2, 0) is 4.79 Å². The van der Waals surface area contributed by atoms with Crippen molar-refractivity contribution in [2.75, 3.05) is 29.9 Å². The van der Waals surface area contributed by atoms with E-state index in [-0.39, 0.29) is 11.9 Å². The molecule has 0 saturated carbocycles. The number of nitrogens with one attached hydrogen (secondary N) is 1. The highest BCUT2D eigenvalue weighted by molar-refractivity contribution is 6.30. The predicted molar refractivity (Wildman–Crippen MR) is 108 cm³/mol. The summed E-state index contributed by atoms with van der Waals surface area (Å²) in [5.41, 5.74) is 3.21. The van der Waals surface area contributed by atoms with Gasteiger partial charge in [0.2, 0.25) is 0 Å². The van der Waals surface area contributed by atoms with E-state index in [9.17, 15) is 4.79 Å². The molecular weight excluding hydrogens is 346 g/mol. The number of nitrogens with two attached hydrogens (primary N) is 1. The van der Waals surface area contributed by atoms with E-state index in [0.717, 1.165) is 29.4 Å². The number of rotatable bonds is 6. The molecule has 1 fully saturated rings. The Morgan fingerprint density at radius 2 is 1.88 bits per heavy atom. The molecule has 138 valence electrons. The van der Waals surface area contributed by atoms with Crippen molar-refractivity contribution in [1.82, 2.24) is 0 Å². The van der Waals surface area contributed by atoms with Gasteiger partial charge in [-0.05, 0) is 62.6 Å². The third-order valence-electron chi connectivity index (χ3n) is 4.90. The van der Waals surface area contributed by atoms with Gasteiger partial charge >= 0.3 is 0 Å². The Morgan fingerprint density at radius 1 is 1.15 bits per heavy atom. The third kappa shape index (κ3) is 5.23. The fourth-order valence-corrected chi connectivity index (χ4v) is 3.53. The molecule has 5 heteroatoms. The van der Waals surface area contributed by atoms with E-state index < -0.39 is 0 Å². The third-order valence-corrected chi connectivity index (χ3v) is 5.14. The molecule has 0 aliphatic carbocycles. The van der Waals surface area contributed by atoms with Crippen molar-refractivity contribution in [1.29, 1.82) is 0 Å². The Bertz CT molecular complexity index is 726. The van der Waals surface area contributed by atoms with Crippen LogP contribution in [-0.4, -0.2) is 25.5 Å². The van der Waals surface area contributed by atoms with Gasteiger partial charge in [-0.2, -0.15) is 0 Å². The second kappa shape index (κ2) is 9.06. The summed E-state index contributed by atoms with van der Waals surface area (Å²) in [6, 6.07) is 16.1. The Morgan fingerprint density at radius 3 is 2.58 bits per heavy atom. The van der Waals surface area contributed by atoms with E-state index >= 15 is 0 Å². The topological polar surface area (TPSA) is 49.0 Å². The summed E-state index contributed by atoms with van der Waals surface area (Å²) in [6.45, 7) is 4.71. The van der Waals surface area contributed by atoms with Gasteiger partial charge in [-0.3, -0.25) is 4.79 Å². The molecular formula is C21H27ClN3O+. The summed E-state index contributed by atoms with van der Waals surface area (Å²) < 4.78 is 0. The minimum Gasteiger partial charge on any atom is -0.372 e. The number of piperidine rings is 1. The molecule has 2 aromatic carbocycles. The molecule has 1 heterocycles. The molecule has 0 radical (unpaired) electrons. The maximum absolute atomic E-state index is 12.2. The number of quaternary nitrogens is 1. The number of halogens is 1. The largest absolute Gasteiger partial charge is 0.372 e. The van der Waals surface area contributed by atoms with Crippen molar-refractivity contribution >= 4 is 28.9 Å². The highest BCUT2D eigenvalue weighted by atomic mass is 35.5. The van der Waals surface area contributed by atoms with Crippen LogP contribution in [0, 0.1) is 0 Å². The monoisotopic (exact) mass is 372 g/mol. The maximum Gasteiger partial charge on any atom is 0.279 e. The molecule has 1 atom stereocenters. The first kappa shape index (κ1) is 18.7. The van der Waals surface area contributed by atoms with Gasteiger partial charge in [0, 0.05) is 35.1 Å². The highest BCUT2D eigenvalue weighted by Gasteiger charge is 2.13. The van der Waals surface area contributed by atoms with Crippen LogP contribution in [0.3, 0.4) is 0 Å². The van der Waals surface area contributed by atoms with Crippen molar-refractivity contribution in [3.63, 3.8) is 0 Å². The first-order valence-electron chi connectivity index (χ1n) is 9.35. The SMILES string of the molecule is C[C@H]([NH2+]CC(=O)Nc1ccc(N2CCCCC2)cc1)c1cccc(Cl)c1. The highest BCUT2D eigenvalue weighted by Crippen LogP contribution is 2.21. The normalized spacial score (nSPS) is 15.5.